The maximum atomic E-state index is 13.4. The summed E-state index contributed by atoms with van der Waals surface area (Å²) in [7, 11) is 0. The average Bonchev–Trinajstić information content (AvgIpc) is 2.19. The molecule has 1 aromatic rings. The summed E-state index contributed by atoms with van der Waals surface area (Å²) in [4.78, 5) is 5.76. The van der Waals surface area contributed by atoms with Crippen molar-refractivity contribution in [2.24, 2.45) is 0 Å². The van der Waals surface area contributed by atoms with Crippen molar-refractivity contribution in [1.29, 1.82) is 0 Å². The van der Waals surface area contributed by atoms with Crippen LogP contribution in [0.25, 0.3) is 0 Å². The molecule has 0 aliphatic carbocycles. The fraction of sp³-hybridized carbons (Fsp3) is 0.444. The van der Waals surface area contributed by atoms with Gasteiger partial charge in [0, 0.05) is 19.2 Å². The minimum absolute atomic E-state index is 0.180. The lowest BCUT2D eigenvalue weighted by atomic mass is 10.3. The maximum Gasteiger partial charge on any atom is 0.151 e. The topological polar surface area (TPSA) is 25.4 Å². The van der Waals surface area contributed by atoms with Crippen LogP contribution in [-0.4, -0.2) is 31.3 Å². The van der Waals surface area contributed by atoms with Crippen LogP contribution in [0.15, 0.2) is 12.3 Å². The Morgan fingerprint density at radius 1 is 1.43 bits per heavy atom. The van der Waals surface area contributed by atoms with E-state index >= 15 is 0 Å². The Morgan fingerprint density at radius 2 is 2.14 bits per heavy atom. The van der Waals surface area contributed by atoms with E-state index in [1.165, 1.54) is 12.3 Å². The smallest absolute Gasteiger partial charge is 0.151 e. The van der Waals surface area contributed by atoms with Gasteiger partial charge in [-0.15, -0.1) is 0 Å². The van der Waals surface area contributed by atoms with Crippen molar-refractivity contribution in [3.63, 3.8) is 0 Å². The molecule has 1 aliphatic heterocycles. The minimum atomic E-state index is -0.327. The van der Waals surface area contributed by atoms with Crippen LogP contribution in [0.5, 0.6) is 0 Å². The summed E-state index contributed by atoms with van der Waals surface area (Å²) in [6.45, 7) is 2.64. The number of halogens is 2. The second kappa shape index (κ2) is 4.11. The van der Waals surface area contributed by atoms with Crippen LogP contribution < -0.4 is 4.90 Å². The molecule has 0 unspecified atom stereocenters. The molecule has 0 bridgehead atoms. The Bertz CT molecular complexity index is 329. The van der Waals surface area contributed by atoms with Gasteiger partial charge in [-0.25, -0.2) is 9.37 Å². The lowest BCUT2D eigenvalue weighted by molar-refractivity contribution is 0.122. The van der Waals surface area contributed by atoms with Gasteiger partial charge >= 0.3 is 0 Å². The van der Waals surface area contributed by atoms with Gasteiger partial charge in [0.05, 0.1) is 25.1 Å². The number of pyridine rings is 1. The Labute approximate surface area is 86.4 Å². The van der Waals surface area contributed by atoms with E-state index in [1.807, 2.05) is 4.90 Å². The third kappa shape index (κ3) is 1.96. The first-order valence-electron chi connectivity index (χ1n) is 4.41. The van der Waals surface area contributed by atoms with E-state index < -0.39 is 0 Å². The molecule has 14 heavy (non-hydrogen) atoms. The Kier molecular flexibility index (Phi) is 2.84. The molecular formula is C9H10ClFN2O. The Morgan fingerprint density at radius 3 is 2.79 bits per heavy atom. The van der Waals surface area contributed by atoms with Crippen molar-refractivity contribution in [3.8, 4) is 0 Å². The normalized spacial score (nSPS) is 17.1. The molecule has 0 amide bonds. The van der Waals surface area contributed by atoms with Gasteiger partial charge in [0.2, 0.25) is 0 Å². The largest absolute Gasteiger partial charge is 0.378 e. The number of aromatic nitrogens is 1. The van der Waals surface area contributed by atoms with Crippen LogP contribution in [0.1, 0.15) is 0 Å². The maximum absolute atomic E-state index is 13.4. The second-order valence-corrected chi connectivity index (χ2v) is 3.45. The number of hydrogen-bond donors (Lipinski definition) is 0. The number of nitrogens with zero attached hydrogens (tertiary/aromatic N) is 2. The van der Waals surface area contributed by atoms with Gasteiger partial charge in [-0.3, -0.25) is 0 Å². The summed E-state index contributed by atoms with van der Waals surface area (Å²) in [5.41, 5.74) is 0.498. The van der Waals surface area contributed by atoms with Crippen molar-refractivity contribution in [2.75, 3.05) is 31.2 Å². The van der Waals surface area contributed by atoms with E-state index in [2.05, 4.69) is 4.98 Å². The first-order chi connectivity index (χ1) is 6.77. The van der Waals surface area contributed by atoms with Crippen molar-refractivity contribution in [1.82, 2.24) is 4.98 Å². The van der Waals surface area contributed by atoms with Gasteiger partial charge in [0.25, 0.3) is 0 Å². The number of hydrogen-bond acceptors (Lipinski definition) is 3. The zero-order valence-corrected chi connectivity index (χ0v) is 8.30. The molecule has 0 N–H and O–H groups in total. The average molecular weight is 217 g/mol. The van der Waals surface area contributed by atoms with E-state index in [-0.39, 0.29) is 11.0 Å². The highest BCUT2D eigenvalue weighted by molar-refractivity contribution is 6.29. The van der Waals surface area contributed by atoms with E-state index in [0.29, 0.717) is 32.0 Å². The fourth-order valence-corrected chi connectivity index (χ4v) is 1.58. The predicted octanol–water partition coefficient (Wildman–Crippen LogP) is 1.71. The van der Waals surface area contributed by atoms with Gasteiger partial charge in [0.15, 0.2) is 5.82 Å². The molecule has 2 rings (SSSR count). The van der Waals surface area contributed by atoms with Gasteiger partial charge in [-0.05, 0) is 0 Å². The summed E-state index contributed by atoms with van der Waals surface area (Å²) in [6.07, 6.45) is 1.46. The van der Waals surface area contributed by atoms with Gasteiger partial charge in [0.1, 0.15) is 5.15 Å². The van der Waals surface area contributed by atoms with E-state index in [9.17, 15) is 4.39 Å². The highest BCUT2D eigenvalue weighted by Crippen LogP contribution is 2.21. The molecular weight excluding hydrogens is 207 g/mol. The molecule has 0 aromatic carbocycles. The molecule has 2 heterocycles. The Hall–Kier alpha value is -0.870. The monoisotopic (exact) mass is 216 g/mol. The van der Waals surface area contributed by atoms with Crippen molar-refractivity contribution >= 4 is 17.3 Å². The SMILES string of the molecule is Fc1cc(Cl)ncc1N1CCOCC1. The molecule has 1 aliphatic rings. The molecule has 0 saturated carbocycles. The lowest BCUT2D eigenvalue weighted by Gasteiger charge is -2.28. The number of rotatable bonds is 1. The van der Waals surface area contributed by atoms with Crippen LogP contribution in [0.4, 0.5) is 10.1 Å². The van der Waals surface area contributed by atoms with Crippen LogP contribution in [-0.2, 0) is 4.74 Å². The minimum Gasteiger partial charge on any atom is -0.378 e. The van der Waals surface area contributed by atoms with Gasteiger partial charge in [-0.2, -0.15) is 0 Å². The zero-order chi connectivity index (χ0) is 9.97. The molecule has 5 heteroatoms. The summed E-state index contributed by atoms with van der Waals surface area (Å²) in [5.74, 6) is -0.327. The van der Waals surface area contributed by atoms with Crippen molar-refractivity contribution in [2.45, 2.75) is 0 Å². The van der Waals surface area contributed by atoms with E-state index in [0.717, 1.165) is 0 Å². The second-order valence-electron chi connectivity index (χ2n) is 3.06. The summed E-state index contributed by atoms with van der Waals surface area (Å²) < 4.78 is 18.6. The molecule has 1 aromatic heterocycles. The van der Waals surface area contributed by atoms with Crippen molar-refractivity contribution < 1.29 is 9.13 Å². The van der Waals surface area contributed by atoms with Crippen LogP contribution >= 0.6 is 11.6 Å². The summed E-state index contributed by atoms with van der Waals surface area (Å²) >= 11 is 5.56. The van der Waals surface area contributed by atoms with Crippen LogP contribution in [0, 0.1) is 5.82 Å². The Balaban J connectivity index is 2.22. The first kappa shape index (κ1) is 9.68. The number of anilines is 1. The molecule has 0 spiro atoms. The third-order valence-corrected chi connectivity index (χ3v) is 2.36. The third-order valence-electron chi connectivity index (χ3n) is 2.15. The predicted molar refractivity (Wildman–Crippen MR) is 52.2 cm³/mol. The molecule has 1 saturated heterocycles. The van der Waals surface area contributed by atoms with E-state index in [1.54, 1.807) is 0 Å². The van der Waals surface area contributed by atoms with Gasteiger partial charge in [-0.1, -0.05) is 11.6 Å². The molecule has 0 radical (unpaired) electrons. The molecule has 0 atom stereocenters. The highest BCUT2D eigenvalue weighted by Gasteiger charge is 2.15. The lowest BCUT2D eigenvalue weighted by Crippen LogP contribution is -2.36. The van der Waals surface area contributed by atoms with Crippen LogP contribution in [0.2, 0.25) is 5.15 Å². The van der Waals surface area contributed by atoms with Crippen molar-refractivity contribution in [3.05, 3.63) is 23.2 Å². The van der Waals surface area contributed by atoms with E-state index in [4.69, 9.17) is 16.3 Å². The quantitative estimate of drug-likeness (QED) is 0.669. The molecule has 76 valence electrons. The highest BCUT2D eigenvalue weighted by atomic mass is 35.5. The molecule has 3 nitrogen and oxygen atoms in total. The summed E-state index contributed by atoms with van der Waals surface area (Å²) in [6, 6.07) is 1.23. The van der Waals surface area contributed by atoms with Crippen LogP contribution in [0.3, 0.4) is 0 Å². The molecule has 1 fully saturated rings. The fourth-order valence-electron chi connectivity index (χ4n) is 1.44. The number of ether oxygens (including phenoxy) is 1. The summed E-state index contributed by atoms with van der Waals surface area (Å²) in [5, 5.41) is 0.180. The first-order valence-corrected chi connectivity index (χ1v) is 4.79. The number of morpholine rings is 1. The van der Waals surface area contributed by atoms with Gasteiger partial charge < -0.3 is 9.64 Å². The zero-order valence-electron chi connectivity index (χ0n) is 7.54. The standard InChI is InChI=1S/C9H10ClFN2O/c10-9-5-7(11)8(6-12-9)13-1-3-14-4-2-13/h5-6H,1-4H2.